The number of rotatable bonds is 6. The average Bonchev–Trinajstić information content (AvgIpc) is 3.58. The van der Waals surface area contributed by atoms with Crippen LogP contribution in [0.15, 0.2) is 48.5 Å². The standard InChI is InChI=1S/2C9H10O3.2C5H5.Ti/c2*1-12-8-4-2-3-7(5-8)6-9(10)11;2*1-2-4-5-3-1;/h2*2-5H,6H2,1H3,(H,10,11);2*1-5H;/q;;;;+4/p-2. The molecule has 0 aromatic heterocycles. The molecule has 0 spiro atoms. The number of carbonyl (C=O) groups is 2. The maximum atomic E-state index is 10.2. The van der Waals surface area contributed by atoms with Gasteiger partial charge in [0.25, 0.3) is 0 Å². The summed E-state index contributed by atoms with van der Waals surface area (Å²) in [6.45, 7) is 0. The van der Waals surface area contributed by atoms with E-state index in [1.165, 1.54) is 14.2 Å². The minimum atomic E-state index is -1.08. The minimum Gasteiger partial charge on any atom is -0.550 e. The number of hydrogen-bond donors (Lipinski definition) is 0. The number of aliphatic carboxylic acids is 2. The number of benzene rings is 2. The van der Waals surface area contributed by atoms with Gasteiger partial charge in [0, 0.05) is 24.8 Å². The molecule has 0 unspecified atom stereocenters. The smallest absolute Gasteiger partial charge is 0.550 e. The van der Waals surface area contributed by atoms with Gasteiger partial charge in [-0.3, -0.25) is 0 Å². The monoisotopic (exact) mass is 508 g/mol. The minimum absolute atomic E-state index is 0. The number of ether oxygens (including phenoxy) is 2. The van der Waals surface area contributed by atoms with Crippen LogP contribution in [-0.2, 0) is 44.1 Å². The third kappa shape index (κ3) is 17.7. The van der Waals surface area contributed by atoms with Crippen LogP contribution in [0.1, 0.15) is 11.1 Å². The summed E-state index contributed by atoms with van der Waals surface area (Å²) in [4.78, 5) is 20.4. The summed E-state index contributed by atoms with van der Waals surface area (Å²) in [7, 11) is 3.08. The molecule has 0 atom stereocenters. The zero-order valence-corrected chi connectivity index (χ0v) is 21.3. The van der Waals surface area contributed by atoms with Crippen molar-refractivity contribution in [3.63, 3.8) is 0 Å². The second-order valence-electron chi connectivity index (χ2n) is 6.73. The molecule has 178 valence electrons. The molecular weight excluding hydrogens is 480 g/mol. The molecule has 2 aliphatic rings. The molecule has 0 aliphatic heterocycles. The Balaban J connectivity index is 0.000000468. The van der Waals surface area contributed by atoms with E-state index in [2.05, 4.69) is 0 Å². The number of methoxy groups -OCH3 is 2. The van der Waals surface area contributed by atoms with Crippen molar-refractivity contribution in [1.82, 2.24) is 0 Å². The van der Waals surface area contributed by atoms with E-state index in [1.54, 1.807) is 48.5 Å². The number of carbonyl (C=O) groups excluding carboxylic acids is 2. The first kappa shape index (κ1) is 32.7. The fraction of sp³-hybridized carbons (Fsp3) is 0.143. The van der Waals surface area contributed by atoms with E-state index >= 15 is 0 Å². The van der Waals surface area contributed by atoms with Crippen molar-refractivity contribution in [3.05, 3.63) is 124 Å². The molecule has 2 aromatic carbocycles. The zero-order valence-electron chi connectivity index (χ0n) is 19.8. The van der Waals surface area contributed by atoms with E-state index in [0.717, 1.165) is 0 Å². The summed E-state index contributed by atoms with van der Waals surface area (Å²) >= 11 is 0. The SMILES string of the molecule is COc1cccc(CC(=O)[O-])c1.COc1cccc(CC(=O)[O-])c1.[CH]1[CH][CH][CH][CH]1.[CH]1[CH][CH][CH][CH]1.[Ti+4]. The summed E-state index contributed by atoms with van der Waals surface area (Å²) < 4.78 is 9.85. The van der Waals surface area contributed by atoms with Crippen molar-refractivity contribution in [3.8, 4) is 11.5 Å². The van der Waals surface area contributed by atoms with Gasteiger partial charge in [-0.25, -0.2) is 0 Å². The van der Waals surface area contributed by atoms with E-state index in [-0.39, 0.29) is 34.6 Å². The third-order valence-electron chi connectivity index (χ3n) is 4.08. The Bertz CT molecular complexity index is 747. The first-order valence-corrected chi connectivity index (χ1v) is 10.4. The number of carboxylic acid groups (broad SMARTS) is 2. The predicted molar refractivity (Wildman–Crippen MR) is 126 cm³/mol. The summed E-state index contributed by atoms with van der Waals surface area (Å²) in [5.74, 6) is -0.839. The van der Waals surface area contributed by atoms with Crippen molar-refractivity contribution in [2.24, 2.45) is 0 Å². The van der Waals surface area contributed by atoms with Crippen LogP contribution in [0, 0.1) is 64.2 Å². The Morgan fingerprint density at radius 3 is 1.11 bits per heavy atom. The third-order valence-corrected chi connectivity index (χ3v) is 4.08. The summed E-state index contributed by atoms with van der Waals surface area (Å²) in [5, 5.41) is 20.4. The van der Waals surface area contributed by atoms with Crippen LogP contribution in [0.3, 0.4) is 0 Å². The largest absolute Gasteiger partial charge is 4.00 e. The van der Waals surface area contributed by atoms with Crippen LogP contribution in [-0.4, -0.2) is 26.2 Å². The Labute approximate surface area is 224 Å². The second kappa shape index (κ2) is 21.0. The molecule has 0 N–H and O–H groups in total. The molecule has 2 aliphatic carbocycles. The van der Waals surface area contributed by atoms with Gasteiger partial charge in [-0.15, -0.1) is 0 Å². The first-order valence-electron chi connectivity index (χ1n) is 10.4. The van der Waals surface area contributed by atoms with Crippen molar-refractivity contribution < 1.29 is 51.0 Å². The van der Waals surface area contributed by atoms with Crippen molar-refractivity contribution in [1.29, 1.82) is 0 Å². The van der Waals surface area contributed by atoms with Crippen LogP contribution in [0.4, 0.5) is 0 Å². The number of carboxylic acids is 2. The summed E-state index contributed by atoms with van der Waals surface area (Å²) in [5.41, 5.74) is 1.38. The van der Waals surface area contributed by atoms with Crippen LogP contribution < -0.4 is 19.7 Å². The van der Waals surface area contributed by atoms with E-state index in [9.17, 15) is 19.8 Å². The molecule has 0 saturated heterocycles. The van der Waals surface area contributed by atoms with Crippen molar-refractivity contribution >= 4 is 11.9 Å². The fourth-order valence-electron chi connectivity index (χ4n) is 2.54. The molecule has 0 bridgehead atoms. The number of hydrogen-bond acceptors (Lipinski definition) is 6. The fourth-order valence-corrected chi connectivity index (χ4v) is 2.54. The predicted octanol–water partition coefficient (Wildman–Crippen LogP) is 2.02. The zero-order chi connectivity index (χ0) is 25.0. The molecule has 7 heteroatoms. The summed E-state index contributed by atoms with van der Waals surface area (Å²) in [6, 6.07) is 13.8. The van der Waals surface area contributed by atoms with Gasteiger partial charge in [-0.05, 0) is 99.6 Å². The molecule has 2 fully saturated rings. The molecule has 0 amide bonds. The molecule has 10 radical (unpaired) electrons. The maximum Gasteiger partial charge on any atom is 4.00 e. The molecule has 35 heavy (non-hydrogen) atoms. The molecule has 2 aromatic rings. The second-order valence-corrected chi connectivity index (χ2v) is 6.73. The van der Waals surface area contributed by atoms with Gasteiger partial charge in [0.2, 0.25) is 0 Å². The van der Waals surface area contributed by atoms with Gasteiger partial charge >= 0.3 is 21.7 Å². The van der Waals surface area contributed by atoms with Crippen LogP contribution >= 0.6 is 0 Å². The van der Waals surface area contributed by atoms with Crippen LogP contribution in [0.25, 0.3) is 0 Å². The molecule has 0 heterocycles. The van der Waals surface area contributed by atoms with Gasteiger partial charge in [0.1, 0.15) is 11.5 Å². The van der Waals surface area contributed by atoms with Gasteiger partial charge in [-0.1, -0.05) is 24.3 Å². The van der Waals surface area contributed by atoms with Crippen LogP contribution in [0.2, 0.25) is 0 Å². The molecule has 2 saturated carbocycles. The van der Waals surface area contributed by atoms with Crippen molar-refractivity contribution in [2.75, 3.05) is 14.2 Å². The van der Waals surface area contributed by atoms with E-state index < -0.39 is 11.9 Å². The van der Waals surface area contributed by atoms with Crippen molar-refractivity contribution in [2.45, 2.75) is 12.8 Å². The van der Waals surface area contributed by atoms with Gasteiger partial charge in [0.15, 0.2) is 0 Å². The van der Waals surface area contributed by atoms with Crippen LogP contribution in [0.5, 0.6) is 11.5 Å². The molecular formula is C28H28O6Ti+2. The van der Waals surface area contributed by atoms with E-state index in [4.69, 9.17) is 9.47 Å². The summed E-state index contributed by atoms with van der Waals surface area (Å²) in [6.07, 6.45) is 19.9. The normalized spacial score (nSPS) is 13.3. The molecule has 4 rings (SSSR count). The Kier molecular flexibility index (Phi) is 19.6. The molecule has 6 nitrogen and oxygen atoms in total. The average molecular weight is 508 g/mol. The van der Waals surface area contributed by atoms with Gasteiger partial charge in [0.05, 0.1) is 14.2 Å². The van der Waals surface area contributed by atoms with E-state index in [1.807, 2.05) is 64.2 Å². The first-order chi connectivity index (χ1) is 16.4. The maximum absolute atomic E-state index is 10.2. The Morgan fingerprint density at radius 1 is 0.600 bits per heavy atom. The quantitative estimate of drug-likeness (QED) is 0.554. The Hall–Kier alpha value is -2.31. The van der Waals surface area contributed by atoms with Gasteiger partial charge < -0.3 is 29.3 Å². The van der Waals surface area contributed by atoms with E-state index in [0.29, 0.717) is 22.6 Å². The Morgan fingerprint density at radius 2 is 0.886 bits per heavy atom. The topological polar surface area (TPSA) is 98.7 Å². The van der Waals surface area contributed by atoms with Gasteiger partial charge in [-0.2, -0.15) is 0 Å².